The average molecular weight is 1200 g/mol. The zero-order chi connectivity index (χ0) is 62.7. The second kappa shape index (κ2) is 31.7. The van der Waals surface area contributed by atoms with Crippen molar-refractivity contribution >= 4 is 58.4 Å². The first-order valence-corrected chi connectivity index (χ1v) is 30.3. The minimum absolute atomic E-state index is 0.121. The first-order valence-electron chi connectivity index (χ1n) is 30.3. The quantitative estimate of drug-likeness (QED) is 0.0191. The zero-order valence-electron chi connectivity index (χ0n) is 50.3. The number of nitrogens with one attached hydrogen (secondary N) is 6. The van der Waals surface area contributed by atoms with Gasteiger partial charge in [0.2, 0.25) is 35.4 Å². The van der Waals surface area contributed by atoms with Crippen molar-refractivity contribution in [3.05, 3.63) is 190 Å². The van der Waals surface area contributed by atoms with Gasteiger partial charge in [-0.25, -0.2) is 8.78 Å². The van der Waals surface area contributed by atoms with Gasteiger partial charge in [0.25, 0.3) is 0 Å². The van der Waals surface area contributed by atoms with Gasteiger partial charge < -0.3 is 41.7 Å². The fourth-order valence-electron chi connectivity index (χ4n) is 11.1. The maximum atomic E-state index is 14.4. The van der Waals surface area contributed by atoms with Crippen LogP contribution in [0.4, 0.5) is 20.2 Å². The maximum absolute atomic E-state index is 14.4. The van der Waals surface area contributed by atoms with Gasteiger partial charge in [-0.05, 0) is 174 Å². The first kappa shape index (κ1) is 65.1. The van der Waals surface area contributed by atoms with Gasteiger partial charge in [0.15, 0.2) is 11.6 Å². The van der Waals surface area contributed by atoms with Crippen LogP contribution in [0.5, 0.6) is 0 Å². The van der Waals surface area contributed by atoms with Crippen molar-refractivity contribution in [1.29, 1.82) is 0 Å². The van der Waals surface area contributed by atoms with Gasteiger partial charge in [0.05, 0.1) is 24.2 Å². The maximum Gasteiger partial charge on any atom is 0.246 e. The van der Waals surface area contributed by atoms with Crippen LogP contribution in [0.2, 0.25) is 0 Å². The molecule has 0 spiro atoms. The largest absolute Gasteiger partial charge is 0.343 e. The van der Waals surface area contributed by atoms with Crippen molar-refractivity contribution in [2.24, 2.45) is 0 Å². The summed E-state index contributed by atoms with van der Waals surface area (Å²) in [4.78, 5) is 120. The molecule has 0 unspecified atom stereocenters. The predicted octanol–water partition coefficient (Wildman–Crippen LogP) is 8.91. The number of benzene rings is 4. The van der Waals surface area contributed by atoms with Crippen LogP contribution in [0.25, 0.3) is 0 Å². The van der Waals surface area contributed by atoms with Gasteiger partial charge in [-0.15, -0.1) is 0 Å². The summed E-state index contributed by atoms with van der Waals surface area (Å²) >= 11 is 0. The molecule has 2 aliphatic rings. The summed E-state index contributed by atoms with van der Waals surface area (Å²) in [5.41, 5.74) is 5.42. The van der Waals surface area contributed by atoms with E-state index in [0.29, 0.717) is 109 Å². The van der Waals surface area contributed by atoms with Gasteiger partial charge in [0.1, 0.15) is 23.7 Å². The van der Waals surface area contributed by atoms with E-state index in [1.807, 2.05) is 24.3 Å². The topological polar surface area (TPSA) is 241 Å². The van der Waals surface area contributed by atoms with Gasteiger partial charge in [-0.1, -0.05) is 49.9 Å². The number of aromatic nitrogens is 2. The smallest absolute Gasteiger partial charge is 0.246 e. The van der Waals surface area contributed by atoms with E-state index >= 15 is 0 Å². The third kappa shape index (κ3) is 17.9. The summed E-state index contributed by atoms with van der Waals surface area (Å²) < 4.78 is 27.1. The third-order valence-electron chi connectivity index (χ3n) is 16.4. The number of hydrogen-bond acceptors (Lipinski definition) is 12. The Morgan fingerprint density at radius 1 is 0.489 bits per heavy atom. The lowest BCUT2D eigenvalue weighted by Gasteiger charge is -2.30. The highest BCUT2D eigenvalue weighted by Crippen LogP contribution is 2.35. The Morgan fingerprint density at radius 2 is 0.852 bits per heavy atom. The summed E-state index contributed by atoms with van der Waals surface area (Å²) in [6.45, 7) is 4.31. The van der Waals surface area contributed by atoms with E-state index in [1.165, 1.54) is 60.9 Å². The van der Waals surface area contributed by atoms with Crippen molar-refractivity contribution in [1.82, 2.24) is 41.0 Å². The number of ketones is 2. The molecule has 6 N–H and O–H groups in total. The number of amides is 6. The molecule has 18 nitrogen and oxygen atoms in total. The summed E-state index contributed by atoms with van der Waals surface area (Å²) in [6.07, 6.45) is 14.9. The normalized spacial score (nSPS) is 16.0. The van der Waals surface area contributed by atoms with Gasteiger partial charge in [0, 0.05) is 97.2 Å². The van der Waals surface area contributed by atoms with Gasteiger partial charge in [-0.2, -0.15) is 0 Å². The molecule has 6 aromatic rings. The Hall–Kier alpha value is -8.88. The lowest BCUT2D eigenvalue weighted by molar-refractivity contribution is -0.137. The number of likely N-dealkylation sites (N-methyl/N-ethyl adjacent to an activating group) is 2. The van der Waals surface area contributed by atoms with E-state index in [2.05, 4.69) is 41.9 Å². The Morgan fingerprint density at radius 3 is 1.22 bits per heavy atom. The molecule has 4 aromatic carbocycles. The SMILES string of the molecule is CN[C@@H](C)C(=O)N[C@@H](Cc1ccc(NC(=O)CCCCCCCCC(=O)Nc2ccc(C[C@H](NC(=O)[C@H](C)NC)C(=O)N3CCC[C@H]3c3cncc(C(=O)c4ccc(F)cc4)c3)cc2)cc1)C(=O)N1CCC[C@H]1c1cncc(C(=O)c2ccc(F)cc2)c1. The molecule has 20 heteroatoms. The van der Waals surface area contributed by atoms with Crippen molar-refractivity contribution in [2.75, 3.05) is 37.8 Å². The Balaban J connectivity index is 0.749. The molecular weight excluding hydrogens is 1120 g/mol. The van der Waals surface area contributed by atoms with Crippen molar-refractivity contribution in [2.45, 2.75) is 140 Å². The lowest BCUT2D eigenvalue weighted by Crippen LogP contribution is -2.53. The van der Waals surface area contributed by atoms with Crippen LogP contribution in [0.3, 0.4) is 0 Å². The molecular formula is C68H78F2N10O8. The highest BCUT2D eigenvalue weighted by atomic mass is 19.1. The molecule has 462 valence electrons. The van der Waals surface area contributed by atoms with Crippen LogP contribution in [-0.2, 0) is 41.6 Å². The van der Waals surface area contributed by atoms with Crippen LogP contribution in [0, 0.1) is 11.6 Å². The van der Waals surface area contributed by atoms with Gasteiger partial charge in [-0.3, -0.25) is 48.3 Å². The number of anilines is 2. The van der Waals surface area contributed by atoms with Crippen LogP contribution in [0.15, 0.2) is 134 Å². The molecule has 2 saturated heterocycles. The third-order valence-corrected chi connectivity index (χ3v) is 16.4. The molecule has 2 fully saturated rings. The molecule has 0 bridgehead atoms. The molecule has 0 aliphatic carbocycles. The number of pyridine rings is 2. The number of halogens is 2. The van der Waals surface area contributed by atoms with Crippen LogP contribution >= 0.6 is 0 Å². The molecule has 0 saturated carbocycles. The molecule has 2 aromatic heterocycles. The number of hydrogen-bond donors (Lipinski definition) is 6. The Bertz CT molecular complexity index is 3180. The molecule has 2 aliphatic heterocycles. The summed E-state index contributed by atoms with van der Waals surface area (Å²) in [5, 5.41) is 17.7. The summed E-state index contributed by atoms with van der Waals surface area (Å²) in [6, 6.07) is 24.8. The lowest BCUT2D eigenvalue weighted by atomic mass is 9.99. The molecule has 88 heavy (non-hydrogen) atoms. The monoisotopic (exact) mass is 1200 g/mol. The molecule has 4 heterocycles. The fraction of sp³-hybridized carbons (Fsp3) is 0.382. The molecule has 8 rings (SSSR count). The van der Waals surface area contributed by atoms with Crippen molar-refractivity contribution < 1.29 is 47.1 Å². The van der Waals surface area contributed by atoms with Crippen molar-refractivity contribution in [3.8, 4) is 0 Å². The predicted molar refractivity (Wildman–Crippen MR) is 331 cm³/mol. The number of carbonyl (C=O) groups excluding carboxylic acids is 8. The van der Waals surface area contributed by atoms with E-state index in [1.54, 1.807) is 86.5 Å². The van der Waals surface area contributed by atoms with Crippen LogP contribution in [0.1, 0.15) is 157 Å². The number of likely N-dealkylation sites (tertiary alicyclic amines) is 2. The summed E-state index contributed by atoms with van der Waals surface area (Å²) in [7, 11) is 3.33. The van der Waals surface area contributed by atoms with Crippen LogP contribution < -0.4 is 31.9 Å². The van der Waals surface area contributed by atoms with E-state index in [-0.39, 0.29) is 71.9 Å². The highest BCUT2D eigenvalue weighted by molar-refractivity contribution is 6.09. The number of rotatable bonds is 29. The standard InChI is InChI=1S/C68H78F2N10O8/c1-43(71-3)65(85)77-57(67(87)79-33-11-13-59(79)49-37-51(41-73-39-49)63(83)47-21-25-53(69)26-22-47)35-45-17-29-55(30-18-45)75-61(81)15-9-7-5-6-8-10-16-62(82)76-56-31-19-46(20-32-56)36-58(78-66(86)44(2)72-4)68(88)80-34-12-14-60(80)50-38-52(42-74-40-50)64(84)48-23-27-54(70)28-24-48/h17-32,37-44,57-60,71-72H,5-16,33-36H2,1-4H3,(H,75,81)(H,76,82)(H,77,85)(H,78,86)/t43-,44-,57-,58-,59-,60-/m0/s1. The summed E-state index contributed by atoms with van der Waals surface area (Å²) in [5.74, 6) is -2.98. The number of nitrogens with zero attached hydrogens (tertiary/aromatic N) is 4. The first-order chi connectivity index (χ1) is 42.5. The van der Waals surface area contributed by atoms with E-state index in [4.69, 9.17) is 0 Å². The molecule has 6 atom stereocenters. The van der Waals surface area contributed by atoms with Gasteiger partial charge >= 0.3 is 0 Å². The average Bonchev–Trinajstić information content (AvgIpc) is 3.69. The number of unbranched alkanes of at least 4 members (excludes halogenated alkanes) is 5. The molecule has 6 amide bonds. The molecule has 0 radical (unpaired) electrons. The minimum atomic E-state index is -0.906. The second-order valence-corrected chi connectivity index (χ2v) is 22.7. The van der Waals surface area contributed by atoms with E-state index < -0.39 is 35.8 Å². The Labute approximate surface area is 512 Å². The minimum Gasteiger partial charge on any atom is -0.343 e. The van der Waals surface area contributed by atoms with E-state index in [9.17, 15) is 47.1 Å². The van der Waals surface area contributed by atoms with Crippen LogP contribution in [-0.4, -0.2) is 118 Å². The van der Waals surface area contributed by atoms with Crippen molar-refractivity contribution in [3.63, 3.8) is 0 Å². The van der Waals surface area contributed by atoms with E-state index in [0.717, 1.165) is 36.8 Å². The Kier molecular flexibility index (Phi) is 23.4. The highest BCUT2D eigenvalue weighted by Gasteiger charge is 2.38. The number of carbonyl (C=O) groups is 8. The fourth-order valence-corrected chi connectivity index (χ4v) is 11.1. The second-order valence-electron chi connectivity index (χ2n) is 22.7. The zero-order valence-corrected chi connectivity index (χ0v) is 50.3.